The fourth-order valence-corrected chi connectivity index (χ4v) is 2.27. The largest absolute Gasteiger partial charge is 0.182 e. The van der Waals surface area contributed by atoms with Gasteiger partial charge in [0.2, 0.25) is 0 Å². The molecule has 0 heterocycles. The topological polar surface area (TPSA) is 40.5 Å². The van der Waals surface area contributed by atoms with E-state index < -0.39 is 4.81 Å². The summed E-state index contributed by atoms with van der Waals surface area (Å²) in [6, 6.07) is 0. The van der Waals surface area contributed by atoms with Gasteiger partial charge >= 0.3 is 0 Å². The molecule has 0 aliphatic heterocycles. The van der Waals surface area contributed by atoms with Crippen molar-refractivity contribution in [2.75, 3.05) is 13.6 Å². The van der Waals surface area contributed by atoms with E-state index in [4.69, 9.17) is 10.4 Å². The summed E-state index contributed by atoms with van der Waals surface area (Å²) >= 11 is 0. The lowest BCUT2D eigenvalue weighted by molar-refractivity contribution is -1.23. The van der Waals surface area contributed by atoms with E-state index in [1.165, 1.54) is 96.9 Å². The molecule has 0 bridgehead atoms. The quantitative estimate of drug-likeness (QED) is 0.212. The molecule has 0 rings (SSSR count). The van der Waals surface area contributed by atoms with Gasteiger partial charge in [0.1, 0.15) is 13.6 Å². The Kier molecular flexibility index (Phi) is 20.8. The molecule has 0 aliphatic carbocycles. The van der Waals surface area contributed by atoms with E-state index in [1.807, 2.05) is 0 Å². The number of unbranched alkanes of at least 4 members (excludes halogenated alkanes) is 13. The van der Waals surface area contributed by atoms with Crippen LogP contribution in [-0.4, -0.2) is 28.8 Å². The molecule has 0 radical (unpaired) electrons. The van der Waals surface area contributed by atoms with Crippen LogP contribution in [0, 0.1) is 0 Å². The Balaban J connectivity index is 0. The summed E-state index contributed by atoms with van der Waals surface area (Å²) in [5.74, 6) is 0. The molecule has 0 fully saturated rings. The first-order chi connectivity index (χ1) is 10.5. The second-order valence-electron chi connectivity index (χ2n) is 6.65. The van der Waals surface area contributed by atoms with Crippen LogP contribution in [-0.2, 0) is 0 Å². The standard InChI is InChI=1S/C16H34.C3H10NO2/c1-3-5-7-9-11-13-15-16-14-12-10-8-6-4-2;1-3-4(2,5)6/h3-16H2,1-2H3;5-6H,3H2,1-2H3/q;+1. The minimum absolute atomic E-state index is 0.319. The van der Waals surface area contributed by atoms with Gasteiger partial charge in [-0.1, -0.05) is 109 Å². The first-order valence-electron chi connectivity index (χ1n) is 9.78. The van der Waals surface area contributed by atoms with Crippen molar-refractivity contribution in [1.82, 2.24) is 0 Å². The van der Waals surface area contributed by atoms with Gasteiger partial charge in [-0.3, -0.25) is 0 Å². The molecular formula is C19H44NO2+. The molecule has 22 heavy (non-hydrogen) atoms. The summed E-state index contributed by atoms with van der Waals surface area (Å²) in [5, 5.41) is 16.6. The molecule has 0 saturated heterocycles. The number of nitrogens with zero attached hydrogens (tertiary/aromatic N) is 1. The van der Waals surface area contributed by atoms with Gasteiger partial charge < -0.3 is 0 Å². The van der Waals surface area contributed by atoms with E-state index in [-0.39, 0.29) is 0 Å². The zero-order valence-electron chi connectivity index (χ0n) is 15.9. The molecular weight excluding hydrogens is 274 g/mol. The van der Waals surface area contributed by atoms with Crippen LogP contribution in [0.4, 0.5) is 0 Å². The monoisotopic (exact) mass is 318 g/mol. The maximum Gasteiger partial charge on any atom is 0.139 e. The van der Waals surface area contributed by atoms with Gasteiger partial charge in [-0.2, -0.15) is 10.4 Å². The average Bonchev–Trinajstić information content (AvgIpc) is 2.48. The lowest BCUT2D eigenvalue weighted by Gasteiger charge is -2.10. The SMILES string of the molecule is CCCCCCCCCCCCCCCC.CC[N+](C)(O)O. The molecule has 0 unspecified atom stereocenters. The number of hydrogen-bond acceptors (Lipinski definition) is 2. The van der Waals surface area contributed by atoms with Crippen molar-refractivity contribution in [2.45, 2.75) is 111 Å². The molecule has 0 aliphatic rings. The molecule has 136 valence electrons. The lowest BCUT2D eigenvalue weighted by Crippen LogP contribution is -2.35. The summed E-state index contributed by atoms with van der Waals surface area (Å²) in [6.07, 6.45) is 20.4. The number of rotatable bonds is 14. The van der Waals surface area contributed by atoms with Crippen molar-refractivity contribution in [2.24, 2.45) is 0 Å². The highest BCUT2D eigenvalue weighted by molar-refractivity contribution is 4.48. The predicted molar refractivity (Wildman–Crippen MR) is 96.3 cm³/mol. The Morgan fingerprint density at radius 3 is 0.818 bits per heavy atom. The van der Waals surface area contributed by atoms with Gasteiger partial charge in [0, 0.05) is 0 Å². The van der Waals surface area contributed by atoms with Crippen molar-refractivity contribution in [3.8, 4) is 0 Å². The summed E-state index contributed by atoms with van der Waals surface area (Å²) in [4.78, 5) is -0.931. The third-order valence-electron chi connectivity index (χ3n) is 4.06. The van der Waals surface area contributed by atoms with Crippen molar-refractivity contribution in [3.63, 3.8) is 0 Å². The van der Waals surface area contributed by atoms with Crippen molar-refractivity contribution in [1.29, 1.82) is 0 Å². The van der Waals surface area contributed by atoms with Crippen LogP contribution in [0.15, 0.2) is 0 Å². The molecule has 0 amide bonds. The van der Waals surface area contributed by atoms with Crippen molar-refractivity contribution < 1.29 is 15.2 Å². The third kappa shape index (κ3) is 28.1. The Labute approximate surface area is 140 Å². The van der Waals surface area contributed by atoms with Gasteiger partial charge in [-0.15, -0.1) is 0 Å². The number of hydrogen-bond donors (Lipinski definition) is 2. The van der Waals surface area contributed by atoms with Crippen molar-refractivity contribution >= 4 is 0 Å². The molecule has 3 heteroatoms. The Morgan fingerprint density at radius 1 is 0.500 bits per heavy atom. The summed E-state index contributed by atoms with van der Waals surface area (Å²) < 4.78 is 0. The predicted octanol–water partition coefficient (Wildman–Crippen LogP) is 6.72. The second-order valence-corrected chi connectivity index (χ2v) is 6.65. The van der Waals surface area contributed by atoms with Crippen LogP contribution in [0.5, 0.6) is 0 Å². The van der Waals surface area contributed by atoms with E-state index in [0.717, 1.165) is 0 Å². The Bertz CT molecular complexity index is 176. The van der Waals surface area contributed by atoms with E-state index >= 15 is 0 Å². The second kappa shape index (κ2) is 18.9. The molecule has 0 spiro atoms. The third-order valence-corrected chi connectivity index (χ3v) is 4.06. The molecule has 0 atom stereocenters. The van der Waals surface area contributed by atoms with Crippen LogP contribution in [0.2, 0.25) is 0 Å². The minimum atomic E-state index is -0.931. The minimum Gasteiger partial charge on any atom is -0.182 e. The maximum atomic E-state index is 8.32. The highest BCUT2D eigenvalue weighted by Gasteiger charge is 2.06. The van der Waals surface area contributed by atoms with Gasteiger partial charge in [0.15, 0.2) is 0 Å². The lowest BCUT2D eigenvalue weighted by atomic mass is 10.0. The van der Waals surface area contributed by atoms with E-state index in [1.54, 1.807) is 6.92 Å². The van der Waals surface area contributed by atoms with Gasteiger partial charge in [0.05, 0.1) is 0 Å². The normalized spacial score (nSPS) is 11.2. The highest BCUT2D eigenvalue weighted by Crippen LogP contribution is 2.12. The van der Waals surface area contributed by atoms with E-state index in [9.17, 15) is 0 Å². The highest BCUT2D eigenvalue weighted by atomic mass is 16.8. The average molecular weight is 319 g/mol. The first kappa shape index (κ1) is 24.1. The van der Waals surface area contributed by atoms with E-state index in [0.29, 0.717) is 6.54 Å². The molecule has 0 saturated carbocycles. The fraction of sp³-hybridized carbons (Fsp3) is 1.00. The smallest absolute Gasteiger partial charge is 0.139 e. The zero-order valence-corrected chi connectivity index (χ0v) is 15.9. The van der Waals surface area contributed by atoms with Crippen LogP contribution in [0.25, 0.3) is 0 Å². The van der Waals surface area contributed by atoms with Gasteiger partial charge in [-0.05, 0) is 6.92 Å². The zero-order chi connectivity index (χ0) is 17.1. The summed E-state index contributed by atoms with van der Waals surface area (Å²) in [6.45, 7) is 6.58. The van der Waals surface area contributed by atoms with Crippen LogP contribution in [0.3, 0.4) is 0 Å². The Hall–Kier alpha value is -0.120. The molecule has 3 nitrogen and oxygen atoms in total. The summed E-state index contributed by atoms with van der Waals surface area (Å²) in [7, 11) is 1.29. The maximum absolute atomic E-state index is 8.32. The summed E-state index contributed by atoms with van der Waals surface area (Å²) in [5.41, 5.74) is 0. The first-order valence-corrected chi connectivity index (χ1v) is 9.78. The molecule has 2 N–H and O–H groups in total. The van der Waals surface area contributed by atoms with Gasteiger partial charge in [-0.25, -0.2) is 0 Å². The fourth-order valence-electron chi connectivity index (χ4n) is 2.27. The molecule has 0 aromatic heterocycles. The van der Waals surface area contributed by atoms with Crippen molar-refractivity contribution in [3.05, 3.63) is 0 Å². The van der Waals surface area contributed by atoms with Crippen LogP contribution in [0.1, 0.15) is 111 Å². The molecule has 0 aromatic rings. The van der Waals surface area contributed by atoms with Gasteiger partial charge in [0.25, 0.3) is 0 Å². The Morgan fingerprint density at radius 2 is 0.682 bits per heavy atom. The van der Waals surface area contributed by atoms with Crippen LogP contribution >= 0.6 is 0 Å². The van der Waals surface area contributed by atoms with E-state index in [2.05, 4.69) is 13.8 Å². The van der Waals surface area contributed by atoms with Crippen LogP contribution < -0.4 is 0 Å². The molecule has 0 aromatic carbocycles. The number of quaternary nitrogens is 1. The number of hydroxylamine groups is 4.